The van der Waals surface area contributed by atoms with Crippen molar-refractivity contribution in [3.63, 3.8) is 0 Å². The van der Waals surface area contributed by atoms with Crippen LogP contribution in [-0.4, -0.2) is 70.9 Å². The Morgan fingerprint density at radius 3 is 2.68 bits per heavy atom. The number of ether oxygens (including phenoxy) is 2. The molecule has 2 aromatic heterocycles. The van der Waals surface area contributed by atoms with E-state index < -0.39 is 36.9 Å². The molecular weight excluding hydrogens is 479 g/mol. The van der Waals surface area contributed by atoms with E-state index in [2.05, 4.69) is 20.3 Å². The molecule has 13 heteroatoms. The molecular formula is C21H23ClF3N5O4. The molecule has 1 fully saturated rings. The van der Waals surface area contributed by atoms with Crippen molar-refractivity contribution in [2.45, 2.75) is 38.1 Å². The Hall–Kier alpha value is -2.99. The first kappa shape index (κ1) is 25.6. The van der Waals surface area contributed by atoms with Gasteiger partial charge in [-0.05, 0) is 30.2 Å². The second-order valence-corrected chi connectivity index (χ2v) is 7.89. The fourth-order valence-corrected chi connectivity index (χ4v) is 3.47. The number of rotatable bonds is 6. The highest BCUT2D eigenvalue weighted by molar-refractivity contribution is 6.29. The van der Waals surface area contributed by atoms with Gasteiger partial charge in [0.05, 0.1) is 31.1 Å². The van der Waals surface area contributed by atoms with Gasteiger partial charge >= 0.3 is 12.3 Å². The number of aromatic nitrogens is 3. The SMILES string of the molecule is CCCCOC(=O)N1CC(c2cc(Cl)nc(-c3cc(C(=O)NC)ncn3)c2)OC(C(F)(F)F)C1. The first-order chi connectivity index (χ1) is 16.1. The van der Waals surface area contributed by atoms with E-state index in [1.165, 1.54) is 25.2 Å². The van der Waals surface area contributed by atoms with Gasteiger partial charge in [-0.25, -0.2) is 19.7 Å². The van der Waals surface area contributed by atoms with Crippen LogP contribution in [0.1, 0.15) is 41.9 Å². The Labute approximate surface area is 198 Å². The van der Waals surface area contributed by atoms with E-state index >= 15 is 0 Å². The van der Waals surface area contributed by atoms with Gasteiger partial charge in [-0.15, -0.1) is 0 Å². The molecule has 0 bridgehead atoms. The third kappa shape index (κ3) is 6.32. The summed E-state index contributed by atoms with van der Waals surface area (Å²) in [5.41, 5.74) is 0.763. The van der Waals surface area contributed by atoms with Crippen LogP contribution in [0.15, 0.2) is 24.5 Å². The molecule has 3 heterocycles. The summed E-state index contributed by atoms with van der Waals surface area (Å²) in [4.78, 5) is 37.4. The molecule has 0 radical (unpaired) electrons. The molecule has 3 rings (SSSR count). The van der Waals surface area contributed by atoms with Gasteiger partial charge in [0.2, 0.25) is 0 Å². The smallest absolute Gasteiger partial charge is 0.416 e. The maximum absolute atomic E-state index is 13.6. The Kier molecular flexibility index (Phi) is 8.26. The number of unbranched alkanes of at least 4 members (excludes halogenated alkanes) is 1. The number of morpholine rings is 1. The number of nitrogens with zero attached hydrogens (tertiary/aromatic N) is 4. The molecule has 0 saturated carbocycles. The van der Waals surface area contributed by atoms with Gasteiger partial charge in [-0.2, -0.15) is 13.2 Å². The number of alkyl halides is 3. The molecule has 0 aromatic carbocycles. The number of pyridine rings is 1. The van der Waals surface area contributed by atoms with Crippen LogP contribution in [0.4, 0.5) is 18.0 Å². The number of nitrogens with one attached hydrogen (secondary N) is 1. The summed E-state index contributed by atoms with van der Waals surface area (Å²) >= 11 is 6.14. The van der Waals surface area contributed by atoms with Gasteiger partial charge in [-0.1, -0.05) is 24.9 Å². The summed E-state index contributed by atoms with van der Waals surface area (Å²) in [5, 5.41) is 2.41. The Morgan fingerprint density at radius 1 is 1.24 bits per heavy atom. The molecule has 9 nitrogen and oxygen atoms in total. The quantitative estimate of drug-likeness (QED) is 0.474. The fraction of sp³-hybridized carbons (Fsp3) is 0.476. The number of hydrogen-bond donors (Lipinski definition) is 1. The van der Waals surface area contributed by atoms with Crippen molar-refractivity contribution in [1.29, 1.82) is 0 Å². The van der Waals surface area contributed by atoms with Crippen molar-refractivity contribution in [3.05, 3.63) is 40.9 Å². The zero-order valence-electron chi connectivity index (χ0n) is 18.4. The molecule has 34 heavy (non-hydrogen) atoms. The topological polar surface area (TPSA) is 107 Å². The highest BCUT2D eigenvalue weighted by Crippen LogP contribution is 2.35. The predicted octanol–water partition coefficient (Wildman–Crippen LogP) is 3.79. The lowest BCUT2D eigenvalue weighted by Gasteiger charge is -2.38. The minimum Gasteiger partial charge on any atom is -0.449 e. The minimum atomic E-state index is -4.70. The van der Waals surface area contributed by atoms with Crippen molar-refractivity contribution in [2.24, 2.45) is 0 Å². The summed E-state index contributed by atoms with van der Waals surface area (Å²) in [6.45, 7) is 1.15. The Bertz CT molecular complexity index is 1040. The molecule has 1 N–H and O–H groups in total. The second kappa shape index (κ2) is 11.0. The molecule has 2 amide bonds. The van der Waals surface area contributed by atoms with Crippen LogP contribution in [0.2, 0.25) is 5.15 Å². The fourth-order valence-electron chi connectivity index (χ4n) is 3.25. The highest BCUT2D eigenvalue weighted by atomic mass is 35.5. The lowest BCUT2D eigenvalue weighted by molar-refractivity contribution is -0.252. The highest BCUT2D eigenvalue weighted by Gasteiger charge is 2.47. The third-order valence-corrected chi connectivity index (χ3v) is 5.22. The normalized spacial score (nSPS) is 18.5. The van der Waals surface area contributed by atoms with Crippen LogP contribution in [0.5, 0.6) is 0 Å². The molecule has 1 saturated heterocycles. The van der Waals surface area contributed by atoms with Gasteiger partial charge in [0.25, 0.3) is 5.91 Å². The molecule has 1 aliphatic heterocycles. The van der Waals surface area contributed by atoms with Crippen LogP contribution in [0, 0.1) is 0 Å². The zero-order valence-corrected chi connectivity index (χ0v) is 19.2. The van der Waals surface area contributed by atoms with Gasteiger partial charge in [0, 0.05) is 7.05 Å². The summed E-state index contributed by atoms with van der Waals surface area (Å²) < 4.78 is 51.1. The van der Waals surface area contributed by atoms with Gasteiger partial charge in [0.1, 0.15) is 23.3 Å². The Balaban J connectivity index is 1.92. The van der Waals surface area contributed by atoms with Crippen molar-refractivity contribution >= 4 is 23.6 Å². The van der Waals surface area contributed by atoms with E-state index in [1.807, 2.05) is 6.92 Å². The van der Waals surface area contributed by atoms with E-state index in [9.17, 15) is 22.8 Å². The van der Waals surface area contributed by atoms with Crippen molar-refractivity contribution < 1.29 is 32.2 Å². The predicted molar refractivity (Wildman–Crippen MR) is 115 cm³/mol. The van der Waals surface area contributed by atoms with Crippen LogP contribution in [-0.2, 0) is 9.47 Å². The largest absolute Gasteiger partial charge is 0.449 e. The molecule has 0 aliphatic carbocycles. The molecule has 1 aliphatic rings. The van der Waals surface area contributed by atoms with Gasteiger partial charge < -0.3 is 19.7 Å². The van der Waals surface area contributed by atoms with Gasteiger partial charge in [-0.3, -0.25) is 4.79 Å². The molecule has 0 spiro atoms. The zero-order chi connectivity index (χ0) is 24.9. The first-order valence-corrected chi connectivity index (χ1v) is 10.9. The summed E-state index contributed by atoms with van der Waals surface area (Å²) in [5.74, 6) is -0.452. The molecule has 2 unspecified atom stereocenters. The number of halogens is 4. The number of hydrogen-bond acceptors (Lipinski definition) is 7. The average Bonchev–Trinajstić information content (AvgIpc) is 2.82. The second-order valence-electron chi connectivity index (χ2n) is 7.50. The third-order valence-electron chi connectivity index (χ3n) is 5.03. The van der Waals surface area contributed by atoms with E-state index in [0.29, 0.717) is 6.42 Å². The van der Waals surface area contributed by atoms with Crippen molar-refractivity contribution in [2.75, 3.05) is 26.7 Å². The number of carbonyl (C=O) groups excluding carboxylic acids is 2. The maximum atomic E-state index is 13.6. The van der Waals surface area contributed by atoms with Crippen molar-refractivity contribution in [1.82, 2.24) is 25.2 Å². The number of carbonyl (C=O) groups is 2. The maximum Gasteiger partial charge on any atom is 0.416 e. The van der Waals surface area contributed by atoms with Crippen LogP contribution >= 0.6 is 11.6 Å². The molecule has 2 aromatic rings. The summed E-state index contributed by atoms with van der Waals surface area (Å²) in [7, 11) is 1.44. The Morgan fingerprint density at radius 2 is 2.00 bits per heavy atom. The molecule has 2 atom stereocenters. The lowest BCUT2D eigenvalue weighted by Crippen LogP contribution is -2.52. The van der Waals surface area contributed by atoms with Gasteiger partial charge in [0.15, 0.2) is 6.10 Å². The lowest BCUT2D eigenvalue weighted by atomic mass is 10.1. The van der Waals surface area contributed by atoms with Crippen LogP contribution < -0.4 is 5.32 Å². The average molecular weight is 502 g/mol. The van der Waals surface area contributed by atoms with E-state index in [1.54, 1.807) is 0 Å². The minimum absolute atomic E-state index is 0.0255. The molecule has 184 valence electrons. The standard InChI is InChI=1S/C21H23ClF3N5O4/c1-3-4-5-33-20(32)30-9-16(34-17(10-30)21(23,24)25)12-6-14(29-18(22)7-12)13-8-15(19(31)26-2)28-11-27-13/h6-8,11,16-17H,3-5,9-10H2,1-2H3,(H,26,31). The monoisotopic (exact) mass is 501 g/mol. The first-order valence-electron chi connectivity index (χ1n) is 10.5. The van der Waals surface area contributed by atoms with Crippen LogP contribution in [0.25, 0.3) is 11.4 Å². The van der Waals surface area contributed by atoms with E-state index in [-0.39, 0.29) is 40.9 Å². The van der Waals surface area contributed by atoms with Crippen LogP contribution in [0.3, 0.4) is 0 Å². The van der Waals surface area contributed by atoms with E-state index in [0.717, 1.165) is 17.6 Å². The van der Waals surface area contributed by atoms with E-state index in [4.69, 9.17) is 21.1 Å². The number of amides is 2. The van der Waals surface area contributed by atoms with Crippen molar-refractivity contribution in [3.8, 4) is 11.4 Å². The summed E-state index contributed by atoms with van der Waals surface area (Å²) in [6.07, 6.45) is -6.38. The summed E-state index contributed by atoms with van der Waals surface area (Å²) in [6, 6.07) is 4.18.